The number of aromatic nitrogens is 1. The first-order chi connectivity index (χ1) is 7.76. The molecule has 1 saturated carbocycles. The maximum absolute atomic E-state index is 4.36. The van der Waals surface area contributed by atoms with Crippen molar-refractivity contribution in [1.29, 1.82) is 0 Å². The Balaban J connectivity index is 1.82. The number of hydrogen-bond donors (Lipinski definition) is 1. The third-order valence-electron chi connectivity index (χ3n) is 3.87. The van der Waals surface area contributed by atoms with Gasteiger partial charge in [0, 0.05) is 18.0 Å². The monoisotopic (exact) mass is 238 g/mol. The van der Waals surface area contributed by atoms with Crippen molar-refractivity contribution in [3.8, 4) is 0 Å². The molecule has 0 saturated heterocycles. The second kappa shape index (κ2) is 5.28. The van der Waals surface area contributed by atoms with Crippen molar-refractivity contribution in [2.75, 3.05) is 6.54 Å². The van der Waals surface area contributed by atoms with E-state index >= 15 is 0 Å². The van der Waals surface area contributed by atoms with Crippen molar-refractivity contribution in [3.63, 3.8) is 0 Å². The molecule has 0 amide bonds. The van der Waals surface area contributed by atoms with Crippen LogP contribution in [0.25, 0.3) is 0 Å². The van der Waals surface area contributed by atoms with Crippen LogP contribution in [0, 0.1) is 5.41 Å². The lowest BCUT2D eigenvalue weighted by Crippen LogP contribution is -2.40. The lowest BCUT2D eigenvalue weighted by molar-refractivity contribution is 0.111. The average Bonchev–Trinajstić information content (AvgIpc) is 2.74. The van der Waals surface area contributed by atoms with Crippen LogP contribution in [0.3, 0.4) is 0 Å². The van der Waals surface area contributed by atoms with Gasteiger partial charge < -0.3 is 5.32 Å². The van der Waals surface area contributed by atoms with E-state index in [4.69, 9.17) is 0 Å². The zero-order valence-corrected chi connectivity index (χ0v) is 11.1. The summed E-state index contributed by atoms with van der Waals surface area (Å²) in [6.07, 6.45) is 6.94. The third kappa shape index (κ3) is 2.64. The largest absolute Gasteiger partial charge is 0.308 e. The summed E-state index contributed by atoms with van der Waals surface area (Å²) in [5.74, 6) is 0. The van der Waals surface area contributed by atoms with E-state index in [0.29, 0.717) is 11.5 Å². The van der Waals surface area contributed by atoms with E-state index in [2.05, 4.69) is 29.5 Å². The molecule has 3 heteroatoms. The number of nitrogens with one attached hydrogen (secondary N) is 1. The fraction of sp³-hybridized carbons (Fsp3) is 0.769. The summed E-state index contributed by atoms with van der Waals surface area (Å²) >= 11 is 1.68. The molecule has 0 spiro atoms. The van der Waals surface area contributed by atoms with Gasteiger partial charge in [-0.3, -0.25) is 0 Å². The van der Waals surface area contributed by atoms with Crippen LogP contribution in [0.2, 0.25) is 0 Å². The minimum atomic E-state index is 0.403. The molecule has 1 aromatic heterocycles. The predicted molar refractivity (Wildman–Crippen MR) is 69.7 cm³/mol. The van der Waals surface area contributed by atoms with Crippen molar-refractivity contribution in [2.45, 2.75) is 52.0 Å². The van der Waals surface area contributed by atoms with Crippen molar-refractivity contribution in [2.24, 2.45) is 5.41 Å². The molecule has 1 heterocycles. The Kier molecular flexibility index (Phi) is 3.98. The van der Waals surface area contributed by atoms with Crippen molar-refractivity contribution < 1.29 is 0 Å². The first-order valence-electron chi connectivity index (χ1n) is 6.37. The van der Waals surface area contributed by atoms with E-state index in [1.54, 1.807) is 11.3 Å². The van der Waals surface area contributed by atoms with Crippen LogP contribution >= 0.6 is 11.3 Å². The molecule has 90 valence electrons. The summed E-state index contributed by atoms with van der Waals surface area (Å²) in [6.45, 7) is 5.68. The lowest BCUT2D eigenvalue weighted by Gasteiger charge is -2.43. The molecule has 0 aliphatic heterocycles. The average molecular weight is 238 g/mol. The quantitative estimate of drug-likeness (QED) is 0.816. The predicted octanol–water partition coefficient (Wildman–Crippen LogP) is 3.76. The van der Waals surface area contributed by atoms with Gasteiger partial charge in [0.05, 0.1) is 11.2 Å². The maximum atomic E-state index is 4.36. The number of nitrogens with zero attached hydrogens (tertiary/aromatic N) is 1. The topological polar surface area (TPSA) is 24.9 Å². The summed E-state index contributed by atoms with van der Waals surface area (Å²) in [6, 6.07) is 0.403. The normalized spacial score (nSPS) is 20.4. The maximum Gasteiger partial charge on any atom is 0.0795 e. The van der Waals surface area contributed by atoms with Gasteiger partial charge in [0.25, 0.3) is 0 Å². The molecule has 1 unspecified atom stereocenters. The van der Waals surface area contributed by atoms with E-state index in [1.807, 2.05) is 5.51 Å². The lowest BCUT2D eigenvalue weighted by atomic mass is 9.66. The standard InChI is InChI=1S/C13H22N2S/c1-3-5-13(6-4-7-13)9-14-11(2)12-8-16-10-15-12/h8,10-11,14H,3-7,9H2,1-2H3. The number of hydrogen-bond acceptors (Lipinski definition) is 3. The van der Waals surface area contributed by atoms with Gasteiger partial charge in [-0.05, 0) is 31.6 Å². The van der Waals surface area contributed by atoms with Gasteiger partial charge in [-0.25, -0.2) is 4.98 Å². The Morgan fingerprint density at radius 3 is 2.88 bits per heavy atom. The van der Waals surface area contributed by atoms with E-state index in [-0.39, 0.29) is 0 Å². The Bertz CT molecular complexity index is 304. The van der Waals surface area contributed by atoms with Gasteiger partial charge in [0.15, 0.2) is 0 Å². The molecule has 1 aliphatic rings. The molecule has 1 aromatic rings. The second-order valence-corrected chi connectivity index (χ2v) is 5.84. The van der Waals surface area contributed by atoms with Gasteiger partial charge in [-0.2, -0.15) is 0 Å². The van der Waals surface area contributed by atoms with Gasteiger partial charge in [0.1, 0.15) is 0 Å². The summed E-state index contributed by atoms with van der Waals surface area (Å²) < 4.78 is 0. The minimum Gasteiger partial charge on any atom is -0.308 e. The molecule has 0 aromatic carbocycles. The fourth-order valence-corrected chi connectivity index (χ4v) is 3.28. The highest BCUT2D eigenvalue weighted by molar-refractivity contribution is 7.07. The van der Waals surface area contributed by atoms with Gasteiger partial charge in [-0.15, -0.1) is 11.3 Å². The summed E-state index contributed by atoms with van der Waals surface area (Å²) in [5, 5.41) is 5.80. The van der Waals surface area contributed by atoms with Crippen molar-refractivity contribution in [3.05, 3.63) is 16.6 Å². The van der Waals surface area contributed by atoms with Crippen LogP contribution in [0.4, 0.5) is 0 Å². The smallest absolute Gasteiger partial charge is 0.0795 e. The molecule has 16 heavy (non-hydrogen) atoms. The molecule has 1 N–H and O–H groups in total. The van der Waals surface area contributed by atoms with Gasteiger partial charge in [-0.1, -0.05) is 19.8 Å². The van der Waals surface area contributed by atoms with Crippen LogP contribution in [-0.4, -0.2) is 11.5 Å². The van der Waals surface area contributed by atoms with E-state index < -0.39 is 0 Å². The molecular formula is C13H22N2S. The molecule has 1 fully saturated rings. The Labute approximate surface area is 102 Å². The van der Waals surface area contributed by atoms with Crippen LogP contribution in [0.1, 0.15) is 57.7 Å². The summed E-state index contributed by atoms with van der Waals surface area (Å²) in [5.41, 5.74) is 3.72. The highest BCUT2D eigenvalue weighted by atomic mass is 32.1. The first-order valence-corrected chi connectivity index (χ1v) is 7.31. The fourth-order valence-electron chi connectivity index (χ4n) is 2.63. The Hall–Kier alpha value is -0.410. The highest BCUT2D eigenvalue weighted by Gasteiger charge is 2.35. The number of rotatable bonds is 6. The molecule has 1 atom stereocenters. The van der Waals surface area contributed by atoms with E-state index in [1.165, 1.54) is 44.3 Å². The van der Waals surface area contributed by atoms with Crippen molar-refractivity contribution in [1.82, 2.24) is 10.3 Å². The van der Waals surface area contributed by atoms with Crippen LogP contribution in [0.5, 0.6) is 0 Å². The molecule has 1 aliphatic carbocycles. The molecular weight excluding hydrogens is 216 g/mol. The molecule has 2 rings (SSSR count). The zero-order chi connectivity index (χ0) is 11.4. The Morgan fingerprint density at radius 2 is 2.38 bits per heavy atom. The second-order valence-electron chi connectivity index (χ2n) is 5.12. The SMILES string of the molecule is CCCC1(CNC(C)c2cscn2)CCC1. The molecule has 0 radical (unpaired) electrons. The van der Waals surface area contributed by atoms with Gasteiger partial charge in [0.2, 0.25) is 0 Å². The van der Waals surface area contributed by atoms with Crippen LogP contribution in [-0.2, 0) is 0 Å². The zero-order valence-electron chi connectivity index (χ0n) is 10.3. The highest BCUT2D eigenvalue weighted by Crippen LogP contribution is 2.44. The number of thiazole rings is 1. The third-order valence-corrected chi connectivity index (χ3v) is 4.48. The Morgan fingerprint density at radius 1 is 1.56 bits per heavy atom. The molecule has 2 nitrogen and oxygen atoms in total. The summed E-state index contributed by atoms with van der Waals surface area (Å²) in [7, 11) is 0. The van der Waals surface area contributed by atoms with Crippen LogP contribution < -0.4 is 5.32 Å². The first kappa shape index (κ1) is 12.1. The molecule has 0 bridgehead atoms. The van der Waals surface area contributed by atoms with E-state index in [0.717, 1.165) is 0 Å². The summed E-state index contributed by atoms with van der Waals surface area (Å²) in [4.78, 5) is 4.36. The minimum absolute atomic E-state index is 0.403. The van der Waals surface area contributed by atoms with Gasteiger partial charge >= 0.3 is 0 Å². The van der Waals surface area contributed by atoms with E-state index in [9.17, 15) is 0 Å². The van der Waals surface area contributed by atoms with Crippen molar-refractivity contribution >= 4 is 11.3 Å². The van der Waals surface area contributed by atoms with Crippen LogP contribution in [0.15, 0.2) is 10.9 Å².